The number of alkyl halides is 1. The van der Waals surface area contributed by atoms with Gasteiger partial charge in [-0.1, -0.05) is 60.7 Å². The van der Waals surface area contributed by atoms with Gasteiger partial charge in [-0.05, 0) is 35.4 Å². The number of para-hydroxylation sites is 1. The highest BCUT2D eigenvalue weighted by Crippen LogP contribution is 2.22. The molecule has 0 saturated carbocycles. The number of rotatable bonds is 7. The molecule has 0 aromatic heterocycles. The Bertz CT molecular complexity index is 727. The SMILES string of the molecule is FC(COc1ccccc1)COc1ccc(-c2ccccc2)cc1. The van der Waals surface area contributed by atoms with Crippen molar-refractivity contribution in [1.29, 1.82) is 0 Å². The minimum absolute atomic E-state index is 0.0217. The Labute approximate surface area is 141 Å². The smallest absolute Gasteiger partial charge is 0.168 e. The second kappa shape index (κ2) is 8.16. The summed E-state index contributed by atoms with van der Waals surface area (Å²) in [5.74, 6) is 1.31. The van der Waals surface area contributed by atoms with E-state index in [4.69, 9.17) is 9.47 Å². The lowest BCUT2D eigenvalue weighted by atomic mass is 10.1. The predicted octanol–water partition coefficient (Wildman–Crippen LogP) is 5.15. The zero-order chi connectivity index (χ0) is 16.6. The third-order valence-corrected chi connectivity index (χ3v) is 3.57. The molecule has 0 fully saturated rings. The number of benzene rings is 3. The van der Waals surface area contributed by atoms with Crippen LogP contribution in [-0.4, -0.2) is 19.4 Å². The maximum absolute atomic E-state index is 13.9. The van der Waals surface area contributed by atoms with Crippen LogP contribution in [0.1, 0.15) is 0 Å². The van der Waals surface area contributed by atoms with Gasteiger partial charge in [-0.3, -0.25) is 0 Å². The molecule has 0 amide bonds. The molecule has 122 valence electrons. The lowest BCUT2D eigenvalue weighted by Crippen LogP contribution is -2.20. The number of ether oxygens (including phenoxy) is 2. The molecule has 2 nitrogen and oxygen atoms in total. The zero-order valence-electron chi connectivity index (χ0n) is 13.3. The van der Waals surface area contributed by atoms with Gasteiger partial charge in [0.25, 0.3) is 0 Å². The van der Waals surface area contributed by atoms with Crippen molar-refractivity contribution in [3.63, 3.8) is 0 Å². The van der Waals surface area contributed by atoms with Crippen molar-refractivity contribution in [1.82, 2.24) is 0 Å². The van der Waals surface area contributed by atoms with E-state index in [0.717, 1.165) is 11.1 Å². The minimum atomic E-state index is -1.18. The topological polar surface area (TPSA) is 18.5 Å². The first kappa shape index (κ1) is 16.1. The standard InChI is InChI=1S/C21H19FO2/c22-19(15-23-20-9-5-2-6-10-20)16-24-21-13-11-18(12-14-21)17-7-3-1-4-8-17/h1-14,19H,15-16H2. The molecule has 0 saturated heterocycles. The van der Waals surface area contributed by atoms with Gasteiger partial charge in [0, 0.05) is 0 Å². The number of hydrogen-bond donors (Lipinski definition) is 0. The lowest BCUT2D eigenvalue weighted by Gasteiger charge is -2.12. The quantitative estimate of drug-likeness (QED) is 0.599. The van der Waals surface area contributed by atoms with Gasteiger partial charge >= 0.3 is 0 Å². The van der Waals surface area contributed by atoms with E-state index in [0.29, 0.717) is 11.5 Å². The molecule has 3 rings (SSSR count). The fourth-order valence-corrected chi connectivity index (χ4v) is 2.31. The first-order valence-electron chi connectivity index (χ1n) is 7.91. The minimum Gasteiger partial charge on any atom is -0.490 e. The van der Waals surface area contributed by atoms with Crippen LogP contribution in [-0.2, 0) is 0 Å². The molecule has 1 unspecified atom stereocenters. The zero-order valence-corrected chi connectivity index (χ0v) is 13.3. The summed E-state index contributed by atoms with van der Waals surface area (Å²) in [5, 5.41) is 0. The molecule has 0 radical (unpaired) electrons. The van der Waals surface area contributed by atoms with Crippen molar-refractivity contribution in [3.8, 4) is 22.6 Å². The largest absolute Gasteiger partial charge is 0.490 e. The van der Waals surface area contributed by atoms with E-state index in [1.165, 1.54) is 0 Å². The first-order chi connectivity index (χ1) is 11.8. The summed E-state index contributed by atoms with van der Waals surface area (Å²) < 4.78 is 24.7. The van der Waals surface area contributed by atoms with Crippen molar-refractivity contribution in [2.24, 2.45) is 0 Å². The van der Waals surface area contributed by atoms with Crippen molar-refractivity contribution in [2.45, 2.75) is 6.17 Å². The first-order valence-corrected chi connectivity index (χ1v) is 7.91. The molecule has 24 heavy (non-hydrogen) atoms. The van der Waals surface area contributed by atoms with Gasteiger partial charge < -0.3 is 9.47 Å². The molecule has 3 heteroatoms. The summed E-state index contributed by atoms with van der Waals surface area (Å²) in [6.45, 7) is -0.0520. The second-order valence-corrected chi connectivity index (χ2v) is 5.42. The van der Waals surface area contributed by atoms with Crippen LogP contribution in [0.4, 0.5) is 4.39 Å². The Balaban J connectivity index is 1.48. The van der Waals surface area contributed by atoms with Crippen molar-refractivity contribution in [3.05, 3.63) is 84.9 Å². The van der Waals surface area contributed by atoms with E-state index < -0.39 is 6.17 Å². The molecule has 0 bridgehead atoms. The normalized spacial score (nSPS) is 11.7. The number of hydrogen-bond acceptors (Lipinski definition) is 2. The third-order valence-electron chi connectivity index (χ3n) is 3.57. The van der Waals surface area contributed by atoms with Crippen LogP contribution >= 0.6 is 0 Å². The average molecular weight is 322 g/mol. The van der Waals surface area contributed by atoms with E-state index in [9.17, 15) is 4.39 Å². The van der Waals surface area contributed by atoms with E-state index >= 15 is 0 Å². The van der Waals surface area contributed by atoms with Crippen LogP contribution < -0.4 is 9.47 Å². The van der Waals surface area contributed by atoms with Gasteiger partial charge in [0.1, 0.15) is 24.7 Å². The van der Waals surface area contributed by atoms with Gasteiger partial charge in [0.2, 0.25) is 0 Å². The van der Waals surface area contributed by atoms with Gasteiger partial charge in [0.05, 0.1) is 0 Å². The van der Waals surface area contributed by atoms with Gasteiger partial charge in [-0.25, -0.2) is 4.39 Å². The Hall–Kier alpha value is -2.81. The Kier molecular flexibility index (Phi) is 5.46. The van der Waals surface area contributed by atoms with Crippen molar-refractivity contribution < 1.29 is 13.9 Å². The molecule has 0 aliphatic carbocycles. The molecule has 0 spiro atoms. The van der Waals surface area contributed by atoms with Crippen LogP contribution in [0.25, 0.3) is 11.1 Å². The molecule has 1 atom stereocenters. The maximum Gasteiger partial charge on any atom is 0.168 e. The molecular formula is C21H19FO2. The van der Waals surface area contributed by atoms with Crippen LogP contribution in [0.2, 0.25) is 0 Å². The van der Waals surface area contributed by atoms with Crippen LogP contribution in [0, 0.1) is 0 Å². The molecule has 0 heterocycles. The van der Waals surface area contributed by atoms with E-state index in [2.05, 4.69) is 0 Å². The Morgan fingerprint density at radius 1 is 0.583 bits per heavy atom. The highest BCUT2D eigenvalue weighted by Gasteiger charge is 2.09. The highest BCUT2D eigenvalue weighted by molar-refractivity contribution is 5.63. The van der Waals surface area contributed by atoms with Crippen molar-refractivity contribution >= 4 is 0 Å². The molecule has 0 aliphatic rings. The molecule has 3 aromatic rings. The van der Waals surface area contributed by atoms with Gasteiger partial charge in [-0.15, -0.1) is 0 Å². The van der Waals surface area contributed by atoms with Crippen LogP contribution in [0.15, 0.2) is 84.9 Å². The maximum atomic E-state index is 13.9. The van der Waals surface area contributed by atoms with Gasteiger partial charge in [-0.2, -0.15) is 0 Å². The van der Waals surface area contributed by atoms with Crippen LogP contribution in [0.3, 0.4) is 0 Å². The second-order valence-electron chi connectivity index (χ2n) is 5.42. The monoisotopic (exact) mass is 322 g/mol. The molecule has 0 aliphatic heterocycles. The highest BCUT2D eigenvalue weighted by atomic mass is 19.1. The fourth-order valence-electron chi connectivity index (χ4n) is 2.31. The Morgan fingerprint density at radius 3 is 1.62 bits per heavy atom. The predicted molar refractivity (Wildman–Crippen MR) is 94.2 cm³/mol. The third kappa shape index (κ3) is 4.59. The van der Waals surface area contributed by atoms with Crippen LogP contribution in [0.5, 0.6) is 11.5 Å². The fraction of sp³-hybridized carbons (Fsp3) is 0.143. The number of halogens is 1. The average Bonchev–Trinajstić information content (AvgIpc) is 2.67. The molecular weight excluding hydrogens is 303 g/mol. The summed E-state index contributed by atoms with van der Waals surface area (Å²) in [6.07, 6.45) is -1.18. The summed E-state index contributed by atoms with van der Waals surface area (Å²) in [6, 6.07) is 26.9. The summed E-state index contributed by atoms with van der Waals surface area (Å²) in [7, 11) is 0. The van der Waals surface area contributed by atoms with E-state index in [1.807, 2.05) is 72.8 Å². The summed E-state index contributed by atoms with van der Waals surface area (Å²) >= 11 is 0. The van der Waals surface area contributed by atoms with E-state index in [-0.39, 0.29) is 13.2 Å². The van der Waals surface area contributed by atoms with E-state index in [1.54, 1.807) is 12.1 Å². The molecule has 0 N–H and O–H groups in total. The Morgan fingerprint density at radius 2 is 1.04 bits per heavy atom. The summed E-state index contributed by atoms with van der Waals surface area (Å²) in [5.41, 5.74) is 2.25. The van der Waals surface area contributed by atoms with Crippen molar-refractivity contribution in [2.75, 3.05) is 13.2 Å². The molecule has 3 aromatic carbocycles. The van der Waals surface area contributed by atoms with Gasteiger partial charge in [0.15, 0.2) is 6.17 Å². The lowest BCUT2D eigenvalue weighted by molar-refractivity contribution is 0.134. The summed E-state index contributed by atoms with van der Waals surface area (Å²) in [4.78, 5) is 0.